The van der Waals surface area contributed by atoms with Crippen molar-refractivity contribution in [2.75, 3.05) is 12.8 Å². The zero-order valence-corrected chi connectivity index (χ0v) is 8.99. The first-order valence-corrected chi connectivity index (χ1v) is 4.73. The maximum atomic E-state index is 11.1. The molecule has 1 rings (SSSR count). The van der Waals surface area contributed by atoms with Gasteiger partial charge in [-0.25, -0.2) is 0 Å². The van der Waals surface area contributed by atoms with Gasteiger partial charge in [-0.2, -0.15) is 0 Å². The Bertz CT molecular complexity index is 364. The van der Waals surface area contributed by atoms with Gasteiger partial charge in [-0.1, -0.05) is 17.7 Å². The van der Waals surface area contributed by atoms with Gasteiger partial charge < -0.3 is 16.2 Å². The van der Waals surface area contributed by atoms with E-state index >= 15 is 0 Å². The number of esters is 1. The summed E-state index contributed by atoms with van der Waals surface area (Å²) in [7, 11) is 1.32. The minimum absolute atomic E-state index is 0.403. The third-order valence-corrected chi connectivity index (χ3v) is 2.24. The molecule has 0 aliphatic carbocycles. The van der Waals surface area contributed by atoms with Gasteiger partial charge in [-0.3, -0.25) is 4.79 Å². The molecule has 0 heterocycles. The number of benzene rings is 1. The lowest BCUT2D eigenvalue weighted by Gasteiger charge is -2.11. The molecule has 0 saturated heterocycles. The summed E-state index contributed by atoms with van der Waals surface area (Å²) in [6.45, 7) is 1.96. The number of aryl methyl sites for hydroxylation is 1. The average Bonchev–Trinajstić information content (AvgIpc) is 2.22. The summed E-state index contributed by atoms with van der Waals surface area (Å²) < 4.78 is 4.55. The molecular formula is C11H16N2O2. The largest absolute Gasteiger partial charge is 0.468 e. The second kappa shape index (κ2) is 4.79. The standard InChI is InChI=1S/C11H16N2O2/c1-7-3-4-9(12)8(5-7)6-10(13)11(14)15-2/h3-5,10H,6,12-13H2,1-2H3/t10-/m0/s1. The lowest BCUT2D eigenvalue weighted by Crippen LogP contribution is -2.33. The number of hydrogen-bond donors (Lipinski definition) is 2. The Morgan fingerprint density at radius 3 is 2.80 bits per heavy atom. The van der Waals surface area contributed by atoms with E-state index in [1.165, 1.54) is 7.11 Å². The van der Waals surface area contributed by atoms with Crippen LogP contribution < -0.4 is 11.5 Å². The van der Waals surface area contributed by atoms with Crippen molar-refractivity contribution in [2.45, 2.75) is 19.4 Å². The molecule has 1 aromatic carbocycles. The monoisotopic (exact) mass is 208 g/mol. The molecule has 0 fully saturated rings. The third-order valence-electron chi connectivity index (χ3n) is 2.24. The zero-order valence-electron chi connectivity index (χ0n) is 8.99. The Balaban J connectivity index is 2.80. The molecule has 0 unspecified atom stereocenters. The molecule has 0 amide bonds. The molecule has 4 N–H and O–H groups in total. The number of carbonyl (C=O) groups is 1. The van der Waals surface area contributed by atoms with Gasteiger partial charge in [0.1, 0.15) is 6.04 Å². The Hall–Kier alpha value is -1.55. The second-order valence-electron chi connectivity index (χ2n) is 3.54. The molecule has 4 nitrogen and oxygen atoms in total. The second-order valence-corrected chi connectivity index (χ2v) is 3.54. The molecule has 0 radical (unpaired) electrons. The van der Waals surface area contributed by atoms with Crippen LogP contribution in [0.1, 0.15) is 11.1 Å². The normalized spacial score (nSPS) is 12.2. The third kappa shape index (κ3) is 2.95. The number of methoxy groups -OCH3 is 1. The summed E-state index contributed by atoms with van der Waals surface area (Å²) in [6.07, 6.45) is 0.403. The van der Waals surface area contributed by atoms with Crippen LogP contribution in [0.2, 0.25) is 0 Å². The first kappa shape index (κ1) is 11.5. The van der Waals surface area contributed by atoms with Crippen molar-refractivity contribution in [3.8, 4) is 0 Å². The van der Waals surface area contributed by atoms with Gasteiger partial charge in [-0.05, 0) is 18.6 Å². The highest BCUT2D eigenvalue weighted by atomic mass is 16.5. The number of hydrogen-bond acceptors (Lipinski definition) is 4. The van der Waals surface area contributed by atoms with Crippen LogP contribution in [0.15, 0.2) is 18.2 Å². The van der Waals surface area contributed by atoms with Crippen molar-refractivity contribution in [3.63, 3.8) is 0 Å². The summed E-state index contributed by atoms with van der Waals surface area (Å²) in [5.74, 6) is -0.420. The summed E-state index contributed by atoms with van der Waals surface area (Å²) in [5, 5.41) is 0. The van der Waals surface area contributed by atoms with Crippen LogP contribution in [0.5, 0.6) is 0 Å². The van der Waals surface area contributed by atoms with Gasteiger partial charge >= 0.3 is 5.97 Å². The Labute approximate surface area is 89.2 Å². The summed E-state index contributed by atoms with van der Waals surface area (Å²) in [5.41, 5.74) is 14.0. The maximum absolute atomic E-state index is 11.1. The topological polar surface area (TPSA) is 78.3 Å². The van der Waals surface area contributed by atoms with Crippen LogP contribution in [0.3, 0.4) is 0 Å². The highest BCUT2D eigenvalue weighted by Gasteiger charge is 2.15. The highest BCUT2D eigenvalue weighted by molar-refractivity contribution is 5.76. The Morgan fingerprint density at radius 1 is 1.53 bits per heavy atom. The van der Waals surface area contributed by atoms with Gasteiger partial charge in [-0.15, -0.1) is 0 Å². The lowest BCUT2D eigenvalue weighted by molar-refractivity contribution is -0.142. The van der Waals surface area contributed by atoms with Crippen LogP contribution in [-0.4, -0.2) is 19.1 Å². The van der Waals surface area contributed by atoms with E-state index in [4.69, 9.17) is 11.5 Å². The lowest BCUT2D eigenvalue weighted by atomic mass is 10.0. The smallest absolute Gasteiger partial charge is 0.322 e. The Kier molecular flexibility index (Phi) is 3.68. The van der Waals surface area contributed by atoms with E-state index in [0.717, 1.165) is 11.1 Å². The molecule has 0 bridgehead atoms. The van der Waals surface area contributed by atoms with Gasteiger partial charge in [0, 0.05) is 12.1 Å². The molecule has 1 atom stereocenters. The molecule has 0 aromatic heterocycles. The minimum atomic E-state index is -0.654. The summed E-state index contributed by atoms with van der Waals surface area (Å²) in [4.78, 5) is 11.1. The molecule has 0 aliphatic rings. The molecule has 1 aromatic rings. The van der Waals surface area contributed by atoms with Crippen molar-refractivity contribution in [1.29, 1.82) is 0 Å². The first-order valence-electron chi connectivity index (χ1n) is 4.73. The minimum Gasteiger partial charge on any atom is -0.468 e. The average molecular weight is 208 g/mol. The van der Waals surface area contributed by atoms with E-state index in [1.54, 1.807) is 0 Å². The van der Waals surface area contributed by atoms with E-state index in [2.05, 4.69) is 4.74 Å². The van der Waals surface area contributed by atoms with Gasteiger partial charge in [0.15, 0.2) is 0 Å². The van der Waals surface area contributed by atoms with Crippen molar-refractivity contribution in [3.05, 3.63) is 29.3 Å². The van der Waals surface area contributed by atoms with Crippen LogP contribution in [0.25, 0.3) is 0 Å². The first-order chi connectivity index (χ1) is 7.04. The van der Waals surface area contributed by atoms with Crippen molar-refractivity contribution >= 4 is 11.7 Å². The SMILES string of the molecule is COC(=O)[C@@H](N)Cc1cc(C)ccc1N. The Morgan fingerprint density at radius 2 is 2.20 bits per heavy atom. The molecule has 0 saturated carbocycles. The molecular weight excluding hydrogens is 192 g/mol. The van der Waals surface area contributed by atoms with Crippen LogP contribution >= 0.6 is 0 Å². The van der Waals surface area contributed by atoms with E-state index in [0.29, 0.717) is 12.1 Å². The van der Waals surface area contributed by atoms with Crippen molar-refractivity contribution in [1.82, 2.24) is 0 Å². The van der Waals surface area contributed by atoms with Crippen LogP contribution in [-0.2, 0) is 16.0 Å². The quantitative estimate of drug-likeness (QED) is 0.564. The fraction of sp³-hybridized carbons (Fsp3) is 0.364. The van der Waals surface area contributed by atoms with Gasteiger partial charge in [0.05, 0.1) is 7.11 Å². The van der Waals surface area contributed by atoms with Gasteiger partial charge in [0.25, 0.3) is 0 Å². The van der Waals surface area contributed by atoms with E-state index < -0.39 is 12.0 Å². The van der Waals surface area contributed by atoms with Gasteiger partial charge in [0.2, 0.25) is 0 Å². The van der Waals surface area contributed by atoms with E-state index in [9.17, 15) is 4.79 Å². The van der Waals surface area contributed by atoms with E-state index in [-0.39, 0.29) is 0 Å². The number of carbonyl (C=O) groups excluding carboxylic acids is 1. The highest BCUT2D eigenvalue weighted by Crippen LogP contribution is 2.15. The number of nitrogens with two attached hydrogens (primary N) is 2. The fourth-order valence-electron chi connectivity index (χ4n) is 1.38. The molecule has 4 heteroatoms. The predicted octanol–water partition coefficient (Wildman–Crippen LogP) is 0.620. The van der Waals surface area contributed by atoms with Crippen LogP contribution in [0, 0.1) is 6.92 Å². The number of rotatable bonds is 3. The maximum Gasteiger partial charge on any atom is 0.322 e. The number of ether oxygens (including phenoxy) is 1. The predicted molar refractivity (Wildman–Crippen MR) is 59.3 cm³/mol. The van der Waals surface area contributed by atoms with Crippen LogP contribution in [0.4, 0.5) is 5.69 Å². The molecule has 82 valence electrons. The summed E-state index contributed by atoms with van der Waals surface area (Å²) >= 11 is 0. The number of anilines is 1. The van der Waals surface area contributed by atoms with E-state index in [1.807, 2.05) is 25.1 Å². The zero-order chi connectivity index (χ0) is 11.4. The molecule has 0 aliphatic heterocycles. The summed E-state index contributed by atoms with van der Waals surface area (Å²) in [6, 6.07) is 5.01. The number of nitrogen functional groups attached to an aromatic ring is 1. The molecule has 0 spiro atoms. The van der Waals surface area contributed by atoms with Crippen molar-refractivity contribution < 1.29 is 9.53 Å². The molecule has 15 heavy (non-hydrogen) atoms. The fourth-order valence-corrected chi connectivity index (χ4v) is 1.38. The van der Waals surface area contributed by atoms with Crippen molar-refractivity contribution in [2.24, 2.45) is 5.73 Å².